The van der Waals surface area contributed by atoms with E-state index < -0.39 is 5.91 Å². The van der Waals surface area contributed by atoms with Crippen molar-refractivity contribution in [2.45, 2.75) is 20.8 Å². The van der Waals surface area contributed by atoms with Crippen molar-refractivity contribution < 1.29 is 9.53 Å². The highest BCUT2D eigenvalue weighted by molar-refractivity contribution is 6.36. The van der Waals surface area contributed by atoms with Gasteiger partial charge >= 0.3 is 0 Å². The molecular weight excluding hydrogens is 342 g/mol. The minimum atomic E-state index is -0.686. The zero-order chi connectivity index (χ0) is 18.5. The second-order valence-electron chi connectivity index (χ2n) is 5.78. The number of nitrogens with two attached hydrogens (primary N) is 2. The number of halogens is 1. The molecule has 2 aromatic heterocycles. The maximum atomic E-state index is 12.0. The van der Waals surface area contributed by atoms with Crippen molar-refractivity contribution in [3.05, 3.63) is 39.8 Å². The Morgan fingerprint density at radius 2 is 1.92 bits per heavy atom. The van der Waals surface area contributed by atoms with E-state index >= 15 is 0 Å². The molecule has 3 rings (SSSR count). The molecule has 8 heteroatoms. The number of carbonyl (C=O) groups is 1. The number of fused-ring (bicyclic) bond motifs is 1. The predicted molar refractivity (Wildman–Crippen MR) is 97.6 cm³/mol. The van der Waals surface area contributed by atoms with Crippen molar-refractivity contribution in [1.82, 2.24) is 14.5 Å². The van der Waals surface area contributed by atoms with Crippen LogP contribution in [0.15, 0.2) is 12.1 Å². The number of methoxy groups -OCH3 is 1. The average Bonchev–Trinajstić information content (AvgIpc) is 2.81. The third kappa shape index (κ3) is 2.47. The first kappa shape index (κ1) is 17.0. The number of rotatable bonds is 3. The first-order chi connectivity index (χ1) is 11.8. The zero-order valence-electron chi connectivity index (χ0n) is 14.3. The predicted octanol–water partition coefficient (Wildman–Crippen LogP) is 2.69. The lowest BCUT2D eigenvalue weighted by molar-refractivity contribution is 0.100. The molecule has 1 aromatic carbocycles. The van der Waals surface area contributed by atoms with E-state index in [1.165, 1.54) is 0 Å². The molecule has 0 aliphatic rings. The van der Waals surface area contributed by atoms with Gasteiger partial charge in [0.1, 0.15) is 22.5 Å². The van der Waals surface area contributed by atoms with Gasteiger partial charge in [0.25, 0.3) is 5.91 Å². The third-order valence-corrected chi connectivity index (χ3v) is 4.46. The van der Waals surface area contributed by atoms with Gasteiger partial charge in [-0.15, -0.1) is 0 Å². The fourth-order valence-electron chi connectivity index (χ4n) is 3.11. The summed E-state index contributed by atoms with van der Waals surface area (Å²) in [4.78, 5) is 20.6. The molecule has 0 saturated heterocycles. The molecule has 25 heavy (non-hydrogen) atoms. The number of benzene rings is 1. The molecule has 1 amide bonds. The summed E-state index contributed by atoms with van der Waals surface area (Å²) < 4.78 is 7.09. The fourth-order valence-corrected chi connectivity index (χ4v) is 3.41. The Hall–Kier alpha value is -2.80. The quantitative estimate of drug-likeness (QED) is 0.699. The van der Waals surface area contributed by atoms with Crippen LogP contribution in [0.2, 0.25) is 5.15 Å². The molecule has 0 bridgehead atoms. The lowest BCUT2D eigenvalue weighted by Gasteiger charge is -2.16. The lowest BCUT2D eigenvalue weighted by Crippen LogP contribution is -2.14. The van der Waals surface area contributed by atoms with Crippen molar-refractivity contribution in [2.24, 2.45) is 5.73 Å². The van der Waals surface area contributed by atoms with Crippen LogP contribution in [0.5, 0.6) is 5.75 Å². The second-order valence-corrected chi connectivity index (χ2v) is 6.14. The molecule has 7 nitrogen and oxygen atoms in total. The van der Waals surface area contributed by atoms with Crippen molar-refractivity contribution in [3.8, 4) is 11.4 Å². The van der Waals surface area contributed by atoms with Crippen LogP contribution < -0.4 is 16.2 Å². The van der Waals surface area contributed by atoms with Gasteiger partial charge in [-0.05, 0) is 32.4 Å². The van der Waals surface area contributed by atoms with Gasteiger partial charge in [0, 0.05) is 5.56 Å². The van der Waals surface area contributed by atoms with Crippen LogP contribution in [0.4, 0.5) is 5.82 Å². The van der Waals surface area contributed by atoms with Crippen molar-refractivity contribution in [3.63, 3.8) is 0 Å². The van der Waals surface area contributed by atoms with Crippen LogP contribution in [-0.4, -0.2) is 27.6 Å². The van der Waals surface area contributed by atoms with Gasteiger partial charge in [0.2, 0.25) is 0 Å². The van der Waals surface area contributed by atoms with Crippen molar-refractivity contribution in [1.29, 1.82) is 0 Å². The molecule has 0 unspecified atom stereocenters. The number of anilines is 1. The summed E-state index contributed by atoms with van der Waals surface area (Å²) in [7, 11) is 1.59. The highest BCUT2D eigenvalue weighted by atomic mass is 35.5. The zero-order valence-corrected chi connectivity index (χ0v) is 15.1. The third-order valence-electron chi connectivity index (χ3n) is 4.19. The van der Waals surface area contributed by atoms with Crippen molar-refractivity contribution >= 4 is 34.4 Å². The number of aryl methyl sites for hydroxylation is 2. The Morgan fingerprint density at radius 1 is 1.24 bits per heavy atom. The topological polar surface area (TPSA) is 109 Å². The number of nitrogens with zero attached hydrogens (tertiary/aromatic N) is 3. The van der Waals surface area contributed by atoms with E-state index in [0.29, 0.717) is 22.6 Å². The second kappa shape index (κ2) is 5.93. The summed E-state index contributed by atoms with van der Waals surface area (Å²) >= 11 is 6.27. The van der Waals surface area contributed by atoms with Gasteiger partial charge in [-0.1, -0.05) is 17.7 Å². The van der Waals surface area contributed by atoms with Gasteiger partial charge in [-0.2, -0.15) is 0 Å². The molecular formula is C17H18ClN5O2. The first-order valence-corrected chi connectivity index (χ1v) is 7.94. The summed E-state index contributed by atoms with van der Waals surface area (Å²) in [5.74, 6) is 0.641. The van der Waals surface area contributed by atoms with E-state index in [1.807, 2.05) is 26.0 Å². The fraction of sp³-hybridized carbons (Fsp3) is 0.235. The first-order valence-electron chi connectivity index (χ1n) is 7.56. The number of aromatic nitrogens is 3. The van der Waals surface area contributed by atoms with Gasteiger partial charge < -0.3 is 16.2 Å². The smallest absolute Gasteiger partial charge is 0.253 e. The van der Waals surface area contributed by atoms with Crippen LogP contribution in [0.25, 0.3) is 16.7 Å². The van der Waals surface area contributed by atoms with Crippen molar-refractivity contribution in [2.75, 3.05) is 12.8 Å². The van der Waals surface area contributed by atoms with E-state index in [4.69, 9.17) is 27.8 Å². The van der Waals surface area contributed by atoms with Gasteiger partial charge in [0.05, 0.1) is 23.7 Å². The van der Waals surface area contributed by atoms with E-state index in [0.717, 1.165) is 16.8 Å². The summed E-state index contributed by atoms with van der Waals surface area (Å²) in [5.41, 5.74) is 14.9. The molecule has 3 aromatic rings. The van der Waals surface area contributed by atoms with Crippen LogP contribution >= 0.6 is 11.6 Å². The van der Waals surface area contributed by atoms with E-state index in [-0.39, 0.29) is 16.5 Å². The summed E-state index contributed by atoms with van der Waals surface area (Å²) in [5, 5.41) is 0.485. The molecule has 0 saturated carbocycles. The van der Waals surface area contributed by atoms with Crippen LogP contribution in [-0.2, 0) is 0 Å². The summed E-state index contributed by atoms with van der Waals surface area (Å²) in [6.45, 7) is 5.56. The minimum Gasteiger partial charge on any atom is -0.496 e. The Balaban J connectivity index is 2.55. The maximum absolute atomic E-state index is 12.0. The van der Waals surface area contributed by atoms with E-state index in [2.05, 4.69) is 9.97 Å². The molecule has 0 aliphatic carbocycles. The van der Waals surface area contributed by atoms with E-state index in [9.17, 15) is 4.79 Å². The van der Waals surface area contributed by atoms with Gasteiger partial charge in [-0.25, -0.2) is 9.97 Å². The highest BCUT2D eigenvalue weighted by Crippen LogP contribution is 2.37. The maximum Gasteiger partial charge on any atom is 0.253 e. The Kier molecular flexibility index (Phi) is 4.04. The molecule has 2 heterocycles. The number of carbonyl (C=O) groups excluding carboxylic acids is 1. The summed E-state index contributed by atoms with van der Waals surface area (Å²) in [6, 6.07) is 3.78. The molecule has 4 N–H and O–H groups in total. The average molecular weight is 360 g/mol. The number of amides is 1. The number of primary amides is 1. The number of hydrogen-bond donors (Lipinski definition) is 2. The largest absolute Gasteiger partial charge is 0.496 e. The standard InChI is InChI=1S/C17H18ClN5O2/c1-7-5-6-10(25-4)8(2)13(7)23-15(19)12(16(20)24)11-14(18)21-9(3)22-17(11)23/h5-6H,19H2,1-4H3,(H2,20,24). The monoisotopic (exact) mass is 359 g/mol. The highest BCUT2D eigenvalue weighted by Gasteiger charge is 2.26. The number of nitrogen functional groups attached to an aromatic ring is 1. The molecule has 0 radical (unpaired) electrons. The number of ether oxygens (including phenoxy) is 1. The molecule has 0 aliphatic heterocycles. The molecule has 0 atom stereocenters. The summed E-state index contributed by atoms with van der Waals surface area (Å²) in [6.07, 6.45) is 0. The lowest BCUT2D eigenvalue weighted by atomic mass is 10.1. The van der Waals surface area contributed by atoms with Crippen LogP contribution in [0.1, 0.15) is 27.3 Å². The van der Waals surface area contributed by atoms with Gasteiger partial charge in [-0.3, -0.25) is 9.36 Å². The molecule has 0 fully saturated rings. The van der Waals surface area contributed by atoms with E-state index in [1.54, 1.807) is 18.6 Å². The van der Waals surface area contributed by atoms with Crippen LogP contribution in [0, 0.1) is 20.8 Å². The molecule has 0 spiro atoms. The SMILES string of the molecule is COc1ccc(C)c(-n2c(N)c(C(N)=O)c3c(Cl)nc(C)nc32)c1C. The van der Waals surface area contributed by atoms with Gasteiger partial charge in [0.15, 0.2) is 5.65 Å². The Bertz CT molecular complexity index is 1030. The molecule has 130 valence electrons. The number of hydrogen-bond acceptors (Lipinski definition) is 5. The Morgan fingerprint density at radius 3 is 2.52 bits per heavy atom. The van der Waals surface area contributed by atoms with Crippen LogP contribution in [0.3, 0.4) is 0 Å². The normalized spacial score (nSPS) is 11.1. The Labute approximate surface area is 149 Å². The minimum absolute atomic E-state index is 0.113.